The minimum absolute atomic E-state index is 0.0840. The zero-order valence-electron chi connectivity index (χ0n) is 19.5. The number of carbonyl (C=O) groups is 1. The van der Waals surface area contributed by atoms with Gasteiger partial charge in [-0.25, -0.2) is 0 Å². The lowest BCUT2D eigenvalue weighted by Crippen LogP contribution is -2.24. The smallest absolute Gasteiger partial charge is 0.302 e. The van der Waals surface area contributed by atoms with Gasteiger partial charge in [0.2, 0.25) is 0 Å². The highest BCUT2D eigenvalue weighted by molar-refractivity contribution is 6.31. The van der Waals surface area contributed by atoms with Crippen molar-refractivity contribution in [3.63, 3.8) is 0 Å². The standard InChI is InChI=1S/C28H33ClO4/c1-20(30)31-18-25-6-5-7-27(33-25)22-10-13-26(29)23(17-22)16-21-8-11-24(12-9-21)32-19-28(2)14-3-4-15-28/h5-6,8-13,17,25,27H,3-4,7,14-16,18-19H2,1-2H3/t25-,27+/m1/s1. The van der Waals surface area contributed by atoms with Gasteiger partial charge in [0.1, 0.15) is 18.5 Å². The average Bonchev–Trinajstić information content (AvgIpc) is 3.25. The van der Waals surface area contributed by atoms with Crippen molar-refractivity contribution in [3.05, 3.63) is 76.3 Å². The molecule has 2 aromatic carbocycles. The molecule has 33 heavy (non-hydrogen) atoms. The highest BCUT2D eigenvalue weighted by Gasteiger charge is 2.29. The Morgan fingerprint density at radius 3 is 2.64 bits per heavy atom. The molecule has 0 bridgehead atoms. The number of carbonyl (C=O) groups excluding carboxylic acids is 1. The summed E-state index contributed by atoms with van der Waals surface area (Å²) in [5, 5.41) is 0.746. The number of hydrogen-bond donors (Lipinski definition) is 0. The Bertz CT molecular complexity index is 976. The summed E-state index contributed by atoms with van der Waals surface area (Å²) in [6, 6.07) is 14.4. The summed E-state index contributed by atoms with van der Waals surface area (Å²) in [6.07, 6.45) is 10.4. The van der Waals surface area contributed by atoms with E-state index in [4.69, 9.17) is 25.8 Å². The summed E-state index contributed by atoms with van der Waals surface area (Å²) >= 11 is 6.53. The van der Waals surface area contributed by atoms with Gasteiger partial charge in [0, 0.05) is 17.4 Å². The summed E-state index contributed by atoms with van der Waals surface area (Å²) < 4.78 is 17.3. The van der Waals surface area contributed by atoms with E-state index >= 15 is 0 Å². The molecule has 1 heterocycles. The second kappa shape index (κ2) is 10.8. The molecule has 1 fully saturated rings. The van der Waals surface area contributed by atoms with Crippen LogP contribution in [0.15, 0.2) is 54.6 Å². The van der Waals surface area contributed by atoms with Gasteiger partial charge < -0.3 is 14.2 Å². The lowest BCUT2D eigenvalue weighted by atomic mass is 9.90. The van der Waals surface area contributed by atoms with Crippen molar-refractivity contribution in [3.8, 4) is 5.75 Å². The first kappa shape index (κ1) is 23.8. The molecule has 5 heteroatoms. The van der Waals surface area contributed by atoms with Crippen LogP contribution in [0.1, 0.15) is 68.7 Å². The normalized spacial score (nSPS) is 21.7. The number of rotatable bonds is 8. The average molecular weight is 469 g/mol. The van der Waals surface area contributed by atoms with Crippen LogP contribution < -0.4 is 4.74 Å². The summed E-state index contributed by atoms with van der Waals surface area (Å²) in [4.78, 5) is 11.1. The second-order valence-electron chi connectivity index (χ2n) is 9.61. The fraction of sp³-hybridized carbons (Fsp3) is 0.464. The van der Waals surface area contributed by atoms with Crippen molar-refractivity contribution in [2.24, 2.45) is 5.41 Å². The Morgan fingerprint density at radius 1 is 1.15 bits per heavy atom. The first-order chi connectivity index (χ1) is 15.9. The van der Waals surface area contributed by atoms with E-state index < -0.39 is 0 Å². The predicted octanol–water partition coefficient (Wildman–Crippen LogP) is 6.84. The van der Waals surface area contributed by atoms with Gasteiger partial charge in [-0.1, -0.05) is 67.8 Å². The molecule has 0 spiro atoms. The molecular weight excluding hydrogens is 436 g/mol. The molecule has 2 aromatic rings. The van der Waals surface area contributed by atoms with E-state index in [1.165, 1.54) is 38.2 Å². The van der Waals surface area contributed by atoms with Gasteiger partial charge in [-0.3, -0.25) is 4.79 Å². The monoisotopic (exact) mass is 468 g/mol. The van der Waals surface area contributed by atoms with Crippen molar-refractivity contribution < 1.29 is 19.0 Å². The number of esters is 1. The number of hydrogen-bond acceptors (Lipinski definition) is 4. The maximum Gasteiger partial charge on any atom is 0.302 e. The molecule has 2 atom stereocenters. The lowest BCUT2D eigenvalue weighted by Gasteiger charge is -2.26. The van der Waals surface area contributed by atoms with Crippen molar-refractivity contribution in [2.75, 3.05) is 13.2 Å². The van der Waals surface area contributed by atoms with Crippen molar-refractivity contribution in [2.45, 2.75) is 64.6 Å². The van der Waals surface area contributed by atoms with Crippen molar-refractivity contribution >= 4 is 17.6 Å². The zero-order chi connectivity index (χ0) is 23.3. The Kier molecular flexibility index (Phi) is 7.77. The largest absolute Gasteiger partial charge is 0.493 e. The summed E-state index contributed by atoms with van der Waals surface area (Å²) in [5.74, 6) is 0.625. The molecule has 1 saturated carbocycles. The van der Waals surface area contributed by atoms with E-state index in [1.54, 1.807) is 0 Å². The minimum Gasteiger partial charge on any atom is -0.493 e. The van der Waals surface area contributed by atoms with E-state index in [9.17, 15) is 4.79 Å². The molecule has 2 aliphatic rings. The van der Waals surface area contributed by atoms with Gasteiger partial charge in [0.15, 0.2) is 0 Å². The van der Waals surface area contributed by atoms with Crippen LogP contribution in [0.25, 0.3) is 0 Å². The lowest BCUT2D eigenvalue weighted by molar-refractivity contribution is -0.145. The van der Waals surface area contributed by atoms with Crippen LogP contribution in [0.3, 0.4) is 0 Å². The summed E-state index contributed by atoms with van der Waals surface area (Å²) in [5.41, 5.74) is 3.65. The molecule has 4 rings (SSSR count). The predicted molar refractivity (Wildman–Crippen MR) is 131 cm³/mol. The molecule has 0 aromatic heterocycles. The number of benzene rings is 2. The SMILES string of the molecule is CC(=O)OC[C@H]1C=CC[C@@H](c2ccc(Cl)c(Cc3ccc(OCC4(C)CCCC4)cc3)c2)O1. The Morgan fingerprint density at radius 2 is 1.91 bits per heavy atom. The van der Waals surface area contributed by atoms with Crippen molar-refractivity contribution in [1.29, 1.82) is 0 Å². The van der Waals surface area contributed by atoms with Gasteiger partial charge in [-0.15, -0.1) is 0 Å². The third kappa shape index (κ3) is 6.61. The molecule has 4 nitrogen and oxygen atoms in total. The summed E-state index contributed by atoms with van der Waals surface area (Å²) in [7, 11) is 0. The molecule has 0 unspecified atom stereocenters. The van der Waals surface area contributed by atoms with Crippen LogP contribution in [0.4, 0.5) is 0 Å². The molecule has 176 valence electrons. The van der Waals surface area contributed by atoms with Crippen LogP contribution in [0.2, 0.25) is 5.02 Å². The summed E-state index contributed by atoms with van der Waals surface area (Å²) in [6.45, 7) is 4.75. The number of ether oxygens (including phenoxy) is 3. The van der Waals surface area contributed by atoms with E-state index in [1.807, 2.05) is 18.2 Å². The molecule has 0 N–H and O–H groups in total. The number of halogens is 1. The van der Waals surface area contributed by atoms with Crippen LogP contribution in [-0.2, 0) is 20.7 Å². The van der Waals surface area contributed by atoms with E-state index in [0.29, 0.717) is 5.41 Å². The highest BCUT2D eigenvalue weighted by Crippen LogP contribution is 2.38. The van der Waals surface area contributed by atoms with Crippen molar-refractivity contribution in [1.82, 2.24) is 0 Å². The van der Waals surface area contributed by atoms with Gasteiger partial charge in [0.05, 0.1) is 12.7 Å². The topological polar surface area (TPSA) is 44.8 Å². The maximum absolute atomic E-state index is 11.1. The maximum atomic E-state index is 11.1. The van der Waals surface area contributed by atoms with Crippen LogP contribution >= 0.6 is 11.6 Å². The first-order valence-corrected chi connectivity index (χ1v) is 12.2. The Hall–Kier alpha value is -2.30. The van der Waals surface area contributed by atoms with E-state index in [-0.39, 0.29) is 24.8 Å². The van der Waals surface area contributed by atoms with Gasteiger partial charge in [0.25, 0.3) is 0 Å². The molecule has 0 radical (unpaired) electrons. The van der Waals surface area contributed by atoms with Crippen LogP contribution in [0, 0.1) is 5.41 Å². The fourth-order valence-electron chi connectivity index (χ4n) is 4.66. The van der Waals surface area contributed by atoms with Crippen LogP contribution in [0.5, 0.6) is 5.75 Å². The van der Waals surface area contributed by atoms with Gasteiger partial charge in [-0.2, -0.15) is 0 Å². The molecule has 1 aliphatic carbocycles. The quantitative estimate of drug-likeness (QED) is 0.314. The second-order valence-corrected chi connectivity index (χ2v) is 10.0. The Labute approximate surface area is 201 Å². The zero-order valence-corrected chi connectivity index (χ0v) is 20.3. The van der Waals surface area contributed by atoms with Gasteiger partial charge >= 0.3 is 5.97 Å². The molecule has 0 amide bonds. The molecule has 1 aliphatic heterocycles. The Balaban J connectivity index is 1.38. The third-order valence-electron chi connectivity index (χ3n) is 6.65. The molecular formula is C28H33ClO4. The minimum atomic E-state index is -0.299. The highest BCUT2D eigenvalue weighted by atomic mass is 35.5. The fourth-order valence-corrected chi connectivity index (χ4v) is 4.84. The first-order valence-electron chi connectivity index (χ1n) is 11.9. The van der Waals surface area contributed by atoms with E-state index in [2.05, 4.69) is 43.3 Å². The molecule has 0 saturated heterocycles. The third-order valence-corrected chi connectivity index (χ3v) is 7.02. The van der Waals surface area contributed by atoms with Crippen LogP contribution in [-0.4, -0.2) is 25.3 Å². The van der Waals surface area contributed by atoms with Gasteiger partial charge in [-0.05, 0) is 60.6 Å². The van der Waals surface area contributed by atoms with E-state index in [0.717, 1.165) is 41.3 Å².